The first kappa shape index (κ1) is 31.2. The smallest absolute Gasteiger partial charge is 0.305 e. The fourth-order valence-electron chi connectivity index (χ4n) is 5.41. The molecule has 3 fully saturated rings. The number of ether oxygens (including phenoxy) is 6. The second kappa shape index (κ2) is 17.3. The van der Waals surface area contributed by atoms with Gasteiger partial charge in [0.15, 0.2) is 12.6 Å². The first-order valence-electron chi connectivity index (χ1n) is 15.0. The van der Waals surface area contributed by atoms with Gasteiger partial charge in [0.25, 0.3) is 0 Å². The molecule has 1 aromatic carbocycles. The number of hydrogen-bond acceptors (Lipinski definition) is 8. The summed E-state index contributed by atoms with van der Waals surface area (Å²) in [5, 5.41) is 0. The van der Waals surface area contributed by atoms with E-state index >= 15 is 0 Å². The number of Topliss-reactive ketones (excluding diaryl/α,β-unsaturated/α-hetero) is 1. The molecule has 0 bridgehead atoms. The summed E-state index contributed by atoms with van der Waals surface area (Å²) < 4.78 is 35.1. The van der Waals surface area contributed by atoms with Crippen LogP contribution in [0.15, 0.2) is 60.4 Å². The molecule has 0 aromatic heterocycles. The Kier molecular flexibility index (Phi) is 13.1. The van der Waals surface area contributed by atoms with Gasteiger partial charge in [-0.15, -0.1) is 5.73 Å². The van der Waals surface area contributed by atoms with E-state index in [1.807, 2.05) is 42.5 Å². The molecule has 8 heteroatoms. The second-order valence-electron chi connectivity index (χ2n) is 10.7. The lowest BCUT2D eigenvalue weighted by Crippen LogP contribution is -2.32. The largest absolute Gasteiger partial charge is 0.491 e. The Morgan fingerprint density at radius 2 is 1.80 bits per heavy atom. The molecule has 3 aliphatic rings. The van der Waals surface area contributed by atoms with Crippen LogP contribution in [0.4, 0.5) is 0 Å². The summed E-state index contributed by atoms with van der Waals surface area (Å²) in [6.07, 6.45) is 14.2. The van der Waals surface area contributed by atoms with Crippen LogP contribution in [0.5, 0.6) is 5.75 Å². The van der Waals surface area contributed by atoms with Gasteiger partial charge in [0.1, 0.15) is 24.2 Å². The zero-order valence-corrected chi connectivity index (χ0v) is 24.1. The van der Waals surface area contributed by atoms with E-state index in [1.165, 1.54) is 7.11 Å². The summed E-state index contributed by atoms with van der Waals surface area (Å²) in [6, 6.07) is 9.66. The van der Waals surface area contributed by atoms with E-state index in [2.05, 4.69) is 16.5 Å². The van der Waals surface area contributed by atoms with Crippen molar-refractivity contribution in [2.75, 3.05) is 26.9 Å². The topological polar surface area (TPSA) is 89.5 Å². The molecule has 1 aromatic rings. The molecule has 224 valence electrons. The van der Waals surface area contributed by atoms with Crippen LogP contribution in [0.3, 0.4) is 0 Å². The van der Waals surface area contributed by atoms with E-state index in [4.69, 9.17) is 23.7 Å². The van der Waals surface area contributed by atoms with Crippen LogP contribution in [0.2, 0.25) is 0 Å². The van der Waals surface area contributed by atoms with Gasteiger partial charge in [0.2, 0.25) is 0 Å². The highest BCUT2D eigenvalue weighted by atomic mass is 16.7. The van der Waals surface area contributed by atoms with Crippen molar-refractivity contribution in [1.82, 2.24) is 0 Å². The highest BCUT2D eigenvalue weighted by Crippen LogP contribution is 2.37. The number of carbonyl (C=O) groups is 2. The number of methoxy groups -OCH3 is 1. The van der Waals surface area contributed by atoms with Gasteiger partial charge in [-0.25, -0.2) is 0 Å². The molecule has 0 radical (unpaired) electrons. The molecule has 4 rings (SSSR count). The third-order valence-corrected chi connectivity index (χ3v) is 7.67. The fraction of sp³-hybridized carbons (Fsp3) is 0.606. The van der Waals surface area contributed by atoms with Gasteiger partial charge < -0.3 is 28.4 Å². The van der Waals surface area contributed by atoms with E-state index in [-0.39, 0.29) is 48.4 Å². The van der Waals surface area contributed by atoms with Gasteiger partial charge >= 0.3 is 5.97 Å². The SMILES string of the molecule is COC(=O)CCC=C=CC[C@H]1C(=O)CC(OC2CCCCO2)[C@@H]1/C=C/C(COc1ccccc1)OC1CCCCO1. The van der Waals surface area contributed by atoms with Crippen molar-refractivity contribution in [3.05, 3.63) is 60.4 Å². The Bertz CT molecular complexity index is 1020. The number of benzene rings is 1. The lowest BCUT2D eigenvalue weighted by molar-refractivity contribution is -0.192. The van der Waals surface area contributed by atoms with Crippen molar-refractivity contribution < 1.29 is 38.0 Å². The molecule has 1 saturated carbocycles. The Morgan fingerprint density at radius 1 is 1.05 bits per heavy atom. The van der Waals surface area contributed by atoms with Crippen LogP contribution in [0, 0.1) is 11.8 Å². The zero-order chi connectivity index (χ0) is 28.7. The Hall–Kier alpha value is -2.74. The van der Waals surface area contributed by atoms with E-state index < -0.39 is 0 Å². The molecule has 41 heavy (non-hydrogen) atoms. The average Bonchev–Trinajstić information content (AvgIpc) is 3.30. The molecule has 2 aliphatic heterocycles. The molecule has 8 nitrogen and oxygen atoms in total. The molecule has 2 heterocycles. The van der Waals surface area contributed by atoms with E-state index in [0.29, 0.717) is 45.5 Å². The molecule has 6 atom stereocenters. The van der Waals surface area contributed by atoms with Gasteiger partial charge in [0.05, 0.1) is 13.2 Å². The van der Waals surface area contributed by atoms with Crippen molar-refractivity contribution >= 4 is 11.8 Å². The van der Waals surface area contributed by atoms with Crippen LogP contribution in [0.1, 0.15) is 64.2 Å². The van der Waals surface area contributed by atoms with Crippen molar-refractivity contribution in [2.45, 2.75) is 89.0 Å². The van der Waals surface area contributed by atoms with Gasteiger partial charge in [-0.05, 0) is 75.7 Å². The first-order valence-corrected chi connectivity index (χ1v) is 15.0. The maximum absolute atomic E-state index is 13.2. The maximum atomic E-state index is 13.2. The maximum Gasteiger partial charge on any atom is 0.305 e. The van der Waals surface area contributed by atoms with Gasteiger partial charge in [0, 0.05) is 37.9 Å². The first-order chi connectivity index (χ1) is 20.1. The molecule has 2 saturated heterocycles. The van der Waals surface area contributed by atoms with Gasteiger partial charge in [-0.3, -0.25) is 9.59 Å². The number of ketones is 1. The number of esters is 1. The van der Waals surface area contributed by atoms with Crippen LogP contribution in [0.25, 0.3) is 0 Å². The Morgan fingerprint density at radius 3 is 2.51 bits per heavy atom. The molecular formula is C33H44O8. The number of allylic oxidation sites excluding steroid dienone is 1. The highest BCUT2D eigenvalue weighted by Gasteiger charge is 2.42. The molecule has 0 amide bonds. The summed E-state index contributed by atoms with van der Waals surface area (Å²) in [7, 11) is 1.38. The quantitative estimate of drug-likeness (QED) is 0.160. The van der Waals surface area contributed by atoms with Gasteiger partial charge in [-0.2, -0.15) is 0 Å². The van der Waals surface area contributed by atoms with Crippen LogP contribution < -0.4 is 4.74 Å². The molecular weight excluding hydrogens is 524 g/mol. The number of carbonyl (C=O) groups excluding carboxylic acids is 2. The summed E-state index contributed by atoms with van der Waals surface area (Å²) in [4.78, 5) is 24.5. The van der Waals surface area contributed by atoms with Crippen LogP contribution >= 0.6 is 0 Å². The van der Waals surface area contributed by atoms with Crippen molar-refractivity contribution in [2.24, 2.45) is 11.8 Å². The minimum Gasteiger partial charge on any atom is -0.491 e. The molecule has 1 aliphatic carbocycles. The van der Waals surface area contributed by atoms with Crippen LogP contribution in [-0.4, -0.2) is 63.5 Å². The van der Waals surface area contributed by atoms with Gasteiger partial charge in [-0.1, -0.05) is 30.4 Å². The highest BCUT2D eigenvalue weighted by molar-refractivity contribution is 5.85. The molecule has 0 N–H and O–H groups in total. The second-order valence-corrected chi connectivity index (χ2v) is 10.7. The minimum absolute atomic E-state index is 0.142. The van der Waals surface area contributed by atoms with E-state index in [0.717, 1.165) is 44.3 Å². The van der Waals surface area contributed by atoms with E-state index in [1.54, 1.807) is 6.08 Å². The minimum atomic E-state index is -0.352. The zero-order valence-electron chi connectivity index (χ0n) is 24.1. The van der Waals surface area contributed by atoms with Crippen LogP contribution in [-0.2, 0) is 33.3 Å². The van der Waals surface area contributed by atoms with Crippen molar-refractivity contribution in [3.8, 4) is 5.75 Å². The monoisotopic (exact) mass is 568 g/mol. The normalized spacial score (nSPS) is 27.2. The number of hydrogen-bond donors (Lipinski definition) is 0. The summed E-state index contributed by atoms with van der Waals surface area (Å²) in [6.45, 7) is 1.70. The van der Waals surface area contributed by atoms with Crippen molar-refractivity contribution in [1.29, 1.82) is 0 Å². The molecule has 4 unspecified atom stereocenters. The fourth-order valence-corrected chi connectivity index (χ4v) is 5.41. The average molecular weight is 569 g/mol. The Labute approximate surface area is 243 Å². The number of rotatable bonds is 14. The summed E-state index contributed by atoms with van der Waals surface area (Å²) >= 11 is 0. The molecule has 0 spiro atoms. The lowest BCUT2D eigenvalue weighted by atomic mass is 9.90. The summed E-state index contributed by atoms with van der Waals surface area (Å²) in [5.41, 5.74) is 3.13. The third kappa shape index (κ3) is 10.6. The van der Waals surface area contributed by atoms with E-state index in [9.17, 15) is 9.59 Å². The predicted octanol–water partition coefficient (Wildman–Crippen LogP) is 5.71. The van der Waals surface area contributed by atoms with Crippen molar-refractivity contribution in [3.63, 3.8) is 0 Å². The Balaban J connectivity index is 1.46. The third-order valence-electron chi connectivity index (χ3n) is 7.67. The summed E-state index contributed by atoms with van der Waals surface area (Å²) in [5.74, 6) is 0.296. The number of para-hydroxylation sites is 1. The lowest BCUT2D eigenvalue weighted by Gasteiger charge is -2.29. The predicted molar refractivity (Wildman–Crippen MR) is 153 cm³/mol. The standard InChI is InChI=1S/C33H44O8/c1-36-31(35)16-8-3-2-7-15-27-28(30(23-29(27)34)41-33-18-10-12-22-38-33)20-19-26(40-32-17-9-11-21-37-32)24-39-25-13-5-4-6-14-25/h3-7,13-14,19-20,26-28,30,32-33H,8-12,15-18,21-24H2,1H3/b20-19+/t2?,26?,27-,28-,30?,32?,33?/m1/s1.